The Morgan fingerprint density at radius 2 is 2.14 bits per heavy atom. The molecule has 1 N–H and O–H groups in total. The van der Waals surface area contributed by atoms with Crippen molar-refractivity contribution in [3.63, 3.8) is 0 Å². The predicted molar refractivity (Wildman–Crippen MR) is 71.7 cm³/mol. The fourth-order valence-corrected chi connectivity index (χ4v) is 4.43. The Bertz CT molecular complexity index is 664. The lowest BCUT2D eigenvalue weighted by atomic mass is 10.1. The third kappa shape index (κ3) is 2.67. The van der Waals surface area contributed by atoms with Gasteiger partial charge in [-0.05, 0) is 19.8 Å². The van der Waals surface area contributed by atoms with Crippen LogP contribution >= 0.6 is 0 Å². The molecule has 0 aromatic carbocycles. The minimum absolute atomic E-state index is 0.134. The number of nitrogens with zero attached hydrogens (tertiary/aromatic N) is 3. The van der Waals surface area contributed by atoms with E-state index in [0.29, 0.717) is 5.69 Å². The number of carbonyl (C=O) groups excluding carboxylic acids is 1. The molecule has 0 amide bonds. The first-order valence-corrected chi connectivity index (χ1v) is 8.75. The van der Waals surface area contributed by atoms with E-state index < -0.39 is 28.0 Å². The van der Waals surface area contributed by atoms with Gasteiger partial charge >= 0.3 is 5.97 Å². The Labute approximate surface area is 122 Å². The van der Waals surface area contributed by atoms with Crippen molar-refractivity contribution >= 4 is 15.8 Å². The average Bonchev–Trinajstić information content (AvgIpc) is 3.07. The molecule has 21 heavy (non-hydrogen) atoms. The number of aromatic nitrogens is 3. The van der Waals surface area contributed by atoms with Crippen LogP contribution in [0.4, 0.5) is 0 Å². The van der Waals surface area contributed by atoms with Crippen molar-refractivity contribution in [2.75, 3.05) is 18.1 Å². The second kappa shape index (κ2) is 5.06. The molecule has 1 saturated heterocycles. The SMILES string of the molecule is CCOC(=O)c1nnn(C2CS(=O)(=O)CC2O)c1C1CC1. The number of hydrogen-bond donors (Lipinski definition) is 1. The molecule has 116 valence electrons. The van der Waals surface area contributed by atoms with Crippen LogP contribution in [0.3, 0.4) is 0 Å². The zero-order chi connectivity index (χ0) is 15.2. The highest BCUT2D eigenvalue weighted by atomic mass is 32.2. The van der Waals surface area contributed by atoms with Crippen LogP contribution in [0.5, 0.6) is 0 Å². The normalized spacial score (nSPS) is 27.7. The third-order valence-electron chi connectivity index (χ3n) is 3.77. The van der Waals surface area contributed by atoms with Gasteiger partial charge in [-0.1, -0.05) is 5.21 Å². The number of rotatable bonds is 4. The minimum Gasteiger partial charge on any atom is -0.461 e. The predicted octanol–water partition coefficient (Wildman–Crippen LogP) is -0.337. The summed E-state index contributed by atoms with van der Waals surface area (Å²) < 4.78 is 29.7. The average molecular weight is 315 g/mol. The second-order valence-electron chi connectivity index (χ2n) is 5.47. The van der Waals surface area contributed by atoms with Crippen LogP contribution in [0.1, 0.15) is 47.9 Å². The van der Waals surface area contributed by atoms with Crippen molar-refractivity contribution in [3.8, 4) is 0 Å². The van der Waals surface area contributed by atoms with Crippen LogP contribution in [-0.4, -0.2) is 58.7 Å². The Balaban J connectivity index is 1.98. The van der Waals surface area contributed by atoms with E-state index in [2.05, 4.69) is 10.3 Å². The third-order valence-corrected chi connectivity index (χ3v) is 5.47. The molecule has 1 aromatic rings. The maximum absolute atomic E-state index is 11.9. The van der Waals surface area contributed by atoms with Gasteiger partial charge < -0.3 is 9.84 Å². The molecule has 2 unspecified atom stereocenters. The Morgan fingerprint density at radius 1 is 1.43 bits per heavy atom. The molecule has 1 aromatic heterocycles. The van der Waals surface area contributed by atoms with E-state index in [4.69, 9.17) is 4.74 Å². The second-order valence-corrected chi connectivity index (χ2v) is 7.63. The molecular weight excluding hydrogens is 298 g/mol. The topological polar surface area (TPSA) is 111 Å². The monoisotopic (exact) mass is 315 g/mol. The number of sulfone groups is 1. The summed E-state index contributed by atoms with van der Waals surface area (Å²) in [5.74, 6) is -0.883. The fourth-order valence-electron chi connectivity index (χ4n) is 2.67. The smallest absolute Gasteiger partial charge is 0.360 e. The van der Waals surface area contributed by atoms with Gasteiger partial charge in [0.15, 0.2) is 15.5 Å². The number of aliphatic hydroxyl groups is 1. The highest BCUT2D eigenvalue weighted by Gasteiger charge is 2.43. The molecule has 9 heteroatoms. The summed E-state index contributed by atoms with van der Waals surface area (Å²) in [5.41, 5.74) is 0.727. The first-order chi connectivity index (χ1) is 9.93. The van der Waals surface area contributed by atoms with Crippen LogP contribution in [0.2, 0.25) is 0 Å². The van der Waals surface area contributed by atoms with Gasteiger partial charge in [0, 0.05) is 5.92 Å². The summed E-state index contributed by atoms with van der Waals surface area (Å²) in [7, 11) is -3.29. The molecule has 1 aliphatic heterocycles. The van der Waals surface area contributed by atoms with Gasteiger partial charge in [-0.25, -0.2) is 17.9 Å². The Hall–Kier alpha value is -1.48. The maximum atomic E-state index is 11.9. The van der Waals surface area contributed by atoms with Gasteiger partial charge in [-0.2, -0.15) is 0 Å². The van der Waals surface area contributed by atoms with Crippen LogP contribution in [-0.2, 0) is 14.6 Å². The van der Waals surface area contributed by atoms with Crippen LogP contribution < -0.4 is 0 Å². The lowest BCUT2D eigenvalue weighted by Crippen LogP contribution is -2.25. The molecule has 1 aliphatic carbocycles. The van der Waals surface area contributed by atoms with E-state index >= 15 is 0 Å². The molecule has 0 spiro atoms. The number of carbonyl (C=O) groups is 1. The van der Waals surface area contributed by atoms with Gasteiger partial charge in [-0.3, -0.25) is 0 Å². The molecule has 2 atom stereocenters. The first-order valence-electron chi connectivity index (χ1n) is 6.93. The van der Waals surface area contributed by atoms with Crippen LogP contribution in [0.15, 0.2) is 0 Å². The number of aliphatic hydroxyl groups excluding tert-OH is 1. The molecule has 3 rings (SSSR count). The lowest BCUT2D eigenvalue weighted by molar-refractivity contribution is 0.0517. The fraction of sp³-hybridized carbons (Fsp3) is 0.750. The summed E-state index contributed by atoms with van der Waals surface area (Å²) in [6.45, 7) is 1.93. The number of hydrogen-bond acceptors (Lipinski definition) is 7. The summed E-state index contributed by atoms with van der Waals surface area (Å²) in [6.07, 6.45) is 0.772. The van der Waals surface area contributed by atoms with Crippen molar-refractivity contribution in [1.82, 2.24) is 15.0 Å². The molecule has 2 heterocycles. The Kier molecular flexibility index (Phi) is 3.48. The molecule has 0 bridgehead atoms. The van der Waals surface area contributed by atoms with Crippen LogP contribution in [0.25, 0.3) is 0 Å². The van der Waals surface area contributed by atoms with E-state index in [1.807, 2.05) is 0 Å². The zero-order valence-corrected chi connectivity index (χ0v) is 12.4. The van der Waals surface area contributed by atoms with Gasteiger partial charge in [0.2, 0.25) is 0 Å². The van der Waals surface area contributed by atoms with Gasteiger partial charge in [0.1, 0.15) is 0 Å². The molecule has 2 aliphatic rings. The Morgan fingerprint density at radius 3 is 2.67 bits per heavy atom. The minimum atomic E-state index is -3.29. The van der Waals surface area contributed by atoms with Crippen molar-refractivity contribution in [1.29, 1.82) is 0 Å². The standard InChI is InChI=1S/C12H17N3O5S/c1-2-20-12(17)10-11(7-3-4-7)15(14-13-10)8-5-21(18,19)6-9(8)16/h7-9,16H,2-6H2,1H3. The van der Waals surface area contributed by atoms with E-state index in [1.54, 1.807) is 6.92 Å². The molecule has 8 nitrogen and oxygen atoms in total. The van der Waals surface area contributed by atoms with Gasteiger partial charge in [0.05, 0.1) is 36.0 Å². The number of ether oxygens (including phenoxy) is 1. The molecule has 0 radical (unpaired) electrons. The van der Waals surface area contributed by atoms with E-state index in [-0.39, 0.29) is 29.7 Å². The lowest BCUT2D eigenvalue weighted by Gasteiger charge is -2.15. The van der Waals surface area contributed by atoms with E-state index in [0.717, 1.165) is 12.8 Å². The van der Waals surface area contributed by atoms with E-state index in [1.165, 1.54) is 4.68 Å². The molecular formula is C12H17N3O5S. The quantitative estimate of drug-likeness (QED) is 0.757. The van der Waals surface area contributed by atoms with Gasteiger partial charge in [0.25, 0.3) is 0 Å². The molecule has 2 fully saturated rings. The summed E-state index contributed by atoms with van der Waals surface area (Å²) in [5, 5.41) is 17.7. The van der Waals surface area contributed by atoms with Crippen molar-refractivity contribution in [2.45, 2.75) is 37.8 Å². The van der Waals surface area contributed by atoms with Crippen LogP contribution in [0, 0.1) is 0 Å². The summed E-state index contributed by atoms with van der Waals surface area (Å²) in [4.78, 5) is 11.9. The largest absolute Gasteiger partial charge is 0.461 e. The maximum Gasteiger partial charge on any atom is 0.360 e. The first kappa shape index (κ1) is 14.5. The van der Waals surface area contributed by atoms with E-state index in [9.17, 15) is 18.3 Å². The summed E-state index contributed by atoms with van der Waals surface area (Å²) >= 11 is 0. The van der Waals surface area contributed by atoms with Crippen molar-refractivity contribution in [3.05, 3.63) is 11.4 Å². The zero-order valence-electron chi connectivity index (χ0n) is 11.6. The summed E-state index contributed by atoms with van der Waals surface area (Å²) in [6, 6.07) is -0.679. The highest BCUT2D eigenvalue weighted by molar-refractivity contribution is 7.91. The number of esters is 1. The van der Waals surface area contributed by atoms with Crippen molar-refractivity contribution < 1.29 is 23.1 Å². The van der Waals surface area contributed by atoms with Gasteiger partial charge in [-0.15, -0.1) is 5.10 Å². The molecule has 1 saturated carbocycles. The van der Waals surface area contributed by atoms with Crippen molar-refractivity contribution in [2.24, 2.45) is 0 Å². The highest BCUT2D eigenvalue weighted by Crippen LogP contribution is 2.43.